The molecule has 2 fully saturated rings. The van der Waals surface area contributed by atoms with Crippen molar-refractivity contribution in [3.05, 3.63) is 215 Å². The second-order valence-corrected chi connectivity index (χ2v) is 24.3. The largest absolute Gasteiger partial charge is 0.492 e. The Kier molecular flexibility index (Phi) is 25.1. The van der Waals surface area contributed by atoms with Crippen molar-refractivity contribution in [1.29, 1.82) is 0 Å². The zero-order valence-corrected chi connectivity index (χ0v) is 54.8. The maximum atomic E-state index is 6.16. The lowest BCUT2D eigenvalue weighted by atomic mass is 10.1. The first-order valence-corrected chi connectivity index (χ1v) is 33.6. The number of anilines is 6. The van der Waals surface area contributed by atoms with Gasteiger partial charge in [-0.15, -0.1) is 11.3 Å². The number of thiophene rings is 1. The van der Waals surface area contributed by atoms with E-state index in [4.69, 9.17) is 47.9 Å². The smallest absolute Gasteiger partial charge is 0.227 e. The molecule has 3 N–H and O–H groups in total. The van der Waals surface area contributed by atoms with Crippen molar-refractivity contribution in [2.75, 3.05) is 108 Å². The van der Waals surface area contributed by atoms with Gasteiger partial charge in [0.15, 0.2) is 0 Å². The Morgan fingerprint density at radius 3 is 1.31 bits per heavy atom. The Hall–Kier alpha value is -9.20. The number of nitrogens with one attached hydrogen (secondary N) is 3. The highest BCUT2D eigenvalue weighted by atomic mass is 32.1. The molecule has 5 aliphatic rings. The third kappa shape index (κ3) is 20.9. The van der Waals surface area contributed by atoms with E-state index in [0.717, 1.165) is 116 Å². The first-order chi connectivity index (χ1) is 47.5. The van der Waals surface area contributed by atoms with E-state index >= 15 is 0 Å². The molecule has 6 aromatic heterocycles. The van der Waals surface area contributed by atoms with Crippen LogP contribution < -0.4 is 25.4 Å². The van der Waals surface area contributed by atoms with Crippen LogP contribution in [0.5, 0.6) is 11.5 Å². The van der Waals surface area contributed by atoms with E-state index in [1.54, 1.807) is 48.5 Å². The molecule has 21 nitrogen and oxygen atoms in total. The lowest BCUT2D eigenvalue weighted by molar-refractivity contribution is 0.138. The van der Waals surface area contributed by atoms with Gasteiger partial charge >= 0.3 is 0 Å². The van der Waals surface area contributed by atoms with Crippen LogP contribution in [0.25, 0.3) is 33.8 Å². The predicted molar refractivity (Wildman–Crippen MR) is 373 cm³/mol. The van der Waals surface area contributed by atoms with Crippen molar-refractivity contribution in [3.8, 4) is 45.3 Å². The van der Waals surface area contributed by atoms with Crippen molar-refractivity contribution >= 4 is 46.2 Å². The summed E-state index contributed by atoms with van der Waals surface area (Å²) in [5, 5.41) is 12.0. The highest BCUT2D eigenvalue weighted by Crippen LogP contribution is 2.31. The van der Waals surface area contributed by atoms with Gasteiger partial charge in [0.1, 0.15) is 24.7 Å². The van der Waals surface area contributed by atoms with E-state index in [9.17, 15) is 0 Å². The van der Waals surface area contributed by atoms with Crippen molar-refractivity contribution in [3.63, 3.8) is 0 Å². The fraction of sp³-hybridized carbons (Fsp3) is 0.324. The van der Waals surface area contributed by atoms with Crippen LogP contribution >= 0.6 is 11.3 Å². The summed E-state index contributed by atoms with van der Waals surface area (Å²) in [6.07, 6.45) is 29.5. The number of ether oxygens (including phenoxy) is 8. The van der Waals surface area contributed by atoms with Gasteiger partial charge < -0.3 is 53.8 Å². The van der Waals surface area contributed by atoms with E-state index in [-0.39, 0.29) is 0 Å². The molecule has 0 unspecified atom stereocenters. The Labute approximate surface area is 564 Å². The molecule has 11 heterocycles. The summed E-state index contributed by atoms with van der Waals surface area (Å²) in [6.45, 7) is 14.0. The number of fused-ring (bicyclic) bond motifs is 21. The summed E-state index contributed by atoms with van der Waals surface area (Å²) in [7, 11) is 0. The molecule has 496 valence electrons. The second-order valence-electron chi connectivity index (χ2n) is 23.3. The Bertz CT molecular complexity index is 4010. The van der Waals surface area contributed by atoms with E-state index in [2.05, 4.69) is 73.2 Å². The normalized spacial score (nSPS) is 17.3. The topological polar surface area (TPSA) is 220 Å². The number of rotatable bonds is 8. The highest BCUT2D eigenvalue weighted by molar-refractivity contribution is 7.10. The minimum Gasteiger partial charge on any atom is -0.492 e. The summed E-state index contributed by atoms with van der Waals surface area (Å²) in [5.41, 5.74) is 13.2. The number of hydrogen-bond acceptors (Lipinski definition) is 22. The molecule has 3 aromatic carbocycles. The minimum atomic E-state index is 0.441. The average Bonchev–Trinajstić information content (AvgIpc) is 1.25. The average molecular weight is 1310 g/mol. The molecule has 9 aromatic rings. The zero-order chi connectivity index (χ0) is 65.0. The zero-order valence-electron chi connectivity index (χ0n) is 53.9. The number of nitrogens with zero attached hydrogens (tertiary/aromatic N) is 10. The van der Waals surface area contributed by atoms with Crippen molar-refractivity contribution in [2.45, 2.75) is 65.3 Å². The number of likely N-dealkylation sites (tertiary alicyclic amines) is 2. The Morgan fingerprint density at radius 2 is 0.833 bits per heavy atom. The van der Waals surface area contributed by atoms with Crippen molar-refractivity contribution in [2.24, 2.45) is 0 Å². The second kappa shape index (κ2) is 36.1. The molecular weight excluding hydrogens is 1230 g/mol. The fourth-order valence-electron chi connectivity index (χ4n) is 11.1. The molecule has 0 saturated carbocycles. The quantitative estimate of drug-likeness (QED) is 0.120. The van der Waals surface area contributed by atoms with E-state index < -0.39 is 0 Å². The van der Waals surface area contributed by atoms with Gasteiger partial charge in [-0.3, -0.25) is 19.8 Å². The molecule has 14 rings (SSSR count). The third-order valence-electron chi connectivity index (χ3n) is 16.0. The van der Waals surface area contributed by atoms with Crippen LogP contribution in [0.4, 0.5) is 34.9 Å². The number of hydrogen-bond donors (Lipinski definition) is 3. The maximum Gasteiger partial charge on any atom is 0.227 e. The molecule has 18 bridgehead atoms. The molecule has 0 aliphatic carbocycles. The number of aromatic nitrogens is 8. The lowest BCUT2D eigenvalue weighted by Crippen LogP contribution is -2.25. The van der Waals surface area contributed by atoms with Crippen LogP contribution in [0.1, 0.15) is 58.4 Å². The molecule has 0 radical (unpaired) electrons. The van der Waals surface area contributed by atoms with Crippen LogP contribution in [0.15, 0.2) is 182 Å². The predicted octanol–water partition coefficient (Wildman–Crippen LogP) is 13.3. The molecule has 96 heavy (non-hydrogen) atoms. The van der Waals surface area contributed by atoms with Crippen LogP contribution in [-0.2, 0) is 68.1 Å². The number of benzene rings is 3. The van der Waals surface area contributed by atoms with Crippen LogP contribution in [0, 0.1) is 0 Å². The van der Waals surface area contributed by atoms with Gasteiger partial charge in [-0.1, -0.05) is 48.6 Å². The standard InChI is InChI=1S/C27H31N5O3.C26H30N4O3S.C21H20N4O2/c1-2-10-32(9-1)11-14-35-26-6-5-24-16-23(26)20-34-13-4-3-12-33-19-21-15-22(18-28-17-21)25-7-8-29-27(30-24)31-25;1-2-10-30(9-1)11-14-33-25-6-5-22-15-20(25)17-31-12-3-4-13-32-18-23-16-21(19-34-23)24-7-8-27-26(28-22)29-24;1-2-9-27-15-17-10-18(13-22-12-17)20-6-7-23-21(25-20)24-19-5-3-4-16(11-19)14-26-8-1/h3-8,15-18H,1-2,9-14,19-20H2,(H,29,30,31);3-8,15-16,19H,1-2,9-14,17-18H2,(H,27,28,29);1-7,10-13H,8-9,14-15H2,(H,23,24,25)/b2*4-3+;2-1+. The summed E-state index contributed by atoms with van der Waals surface area (Å²) < 4.78 is 47.0. The summed E-state index contributed by atoms with van der Waals surface area (Å²) in [5.74, 6) is 3.31. The lowest BCUT2D eigenvalue weighted by Gasteiger charge is -2.17. The molecule has 5 aliphatic heterocycles. The van der Waals surface area contributed by atoms with Gasteiger partial charge in [-0.05, 0) is 153 Å². The molecular formula is C74H81N13O8S. The molecule has 0 spiro atoms. The van der Waals surface area contributed by atoms with E-state index in [1.165, 1.54) is 43.6 Å². The number of pyridine rings is 2. The fourth-order valence-corrected chi connectivity index (χ4v) is 11.9. The van der Waals surface area contributed by atoms with Crippen LogP contribution in [0.3, 0.4) is 0 Å². The molecule has 0 atom stereocenters. The molecule has 0 amide bonds. The maximum absolute atomic E-state index is 6.16. The summed E-state index contributed by atoms with van der Waals surface area (Å²) in [6, 6.07) is 32.0. The molecule has 2 saturated heterocycles. The van der Waals surface area contributed by atoms with Crippen molar-refractivity contribution in [1.82, 2.24) is 49.7 Å². The minimum absolute atomic E-state index is 0.441. The first kappa shape index (κ1) is 66.8. The van der Waals surface area contributed by atoms with Crippen LogP contribution in [-0.4, -0.2) is 142 Å². The van der Waals surface area contributed by atoms with Gasteiger partial charge in [0.2, 0.25) is 17.8 Å². The van der Waals surface area contributed by atoms with Crippen molar-refractivity contribution < 1.29 is 37.9 Å². The molecule has 22 heteroatoms. The Morgan fingerprint density at radius 1 is 0.406 bits per heavy atom. The highest BCUT2D eigenvalue weighted by Gasteiger charge is 2.17. The van der Waals surface area contributed by atoms with Gasteiger partial charge in [-0.25, -0.2) is 29.9 Å². The third-order valence-corrected chi connectivity index (χ3v) is 16.9. The van der Waals surface area contributed by atoms with Gasteiger partial charge in [0, 0.05) is 112 Å². The van der Waals surface area contributed by atoms with Gasteiger partial charge in [-0.2, -0.15) is 0 Å². The van der Waals surface area contributed by atoms with E-state index in [1.807, 2.05) is 128 Å². The van der Waals surface area contributed by atoms with Gasteiger partial charge in [0.05, 0.1) is 96.4 Å². The first-order valence-electron chi connectivity index (χ1n) is 32.8. The Balaban J connectivity index is 0.000000139. The van der Waals surface area contributed by atoms with Gasteiger partial charge in [0.25, 0.3) is 0 Å². The SMILES string of the molecule is C1=C/COCc2cc(ccc2OCCN2CCCC2)Nc2nccc(n2)-c2cncc(c2)COC/1.C1=C/COCc2cc(ccc2OCCN2CCCC2)Nc2nccc(n2)-c2csc(c2)COC/1.C1=C/COCc2cncc(c2)-c2ccnc(n2)Nc2cccc(c2)COC/1. The summed E-state index contributed by atoms with van der Waals surface area (Å²) >= 11 is 1.68. The summed E-state index contributed by atoms with van der Waals surface area (Å²) in [4.78, 5) is 41.9. The monoisotopic (exact) mass is 1310 g/mol. The van der Waals surface area contributed by atoms with Crippen LogP contribution in [0.2, 0.25) is 0 Å². The van der Waals surface area contributed by atoms with E-state index in [0.29, 0.717) is 110 Å².